The van der Waals surface area contributed by atoms with E-state index in [4.69, 9.17) is 10.5 Å². The van der Waals surface area contributed by atoms with Crippen molar-refractivity contribution in [2.75, 3.05) is 18.9 Å². The molecule has 4 atom stereocenters. The number of nitrogens with zero attached hydrogens (tertiary/aromatic N) is 5. The van der Waals surface area contributed by atoms with E-state index in [9.17, 15) is 38.3 Å². The maximum atomic E-state index is 12.3. The predicted octanol–water partition coefficient (Wildman–Crippen LogP) is 0.945. The fourth-order valence-corrected chi connectivity index (χ4v) is 4.51. The van der Waals surface area contributed by atoms with Crippen LogP contribution in [0.4, 0.5) is 24.7 Å². The SMILES string of the molecule is CC(c1ccc(C#CCNC(=O)C(F)(F)F)cc1[N+](=O)[O-])[C@]1(n2cnc3c(N)ncnc32)C[C@H](O)[C@@H](CO)O1. The molecule has 4 rings (SSSR count). The van der Waals surface area contributed by atoms with E-state index in [1.165, 1.54) is 29.4 Å². The summed E-state index contributed by atoms with van der Waals surface area (Å²) in [5, 5.41) is 34.1. The molecule has 0 saturated carbocycles. The van der Waals surface area contributed by atoms with Gasteiger partial charge >= 0.3 is 12.1 Å². The van der Waals surface area contributed by atoms with Crippen molar-refractivity contribution in [2.24, 2.45) is 0 Å². The van der Waals surface area contributed by atoms with Crippen LogP contribution in [0, 0.1) is 22.0 Å². The molecule has 0 spiro atoms. The number of aliphatic hydroxyl groups is 2. The summed E-state index contributed by atoms with van der Waals surface area (Å²) in [6.07, 6.45) is -4.73. The number of nitrogen functional groups attached to an aromatic ring is 1. The van der Waals surface area contributed by atoms with Gasteiger partial charge in [-0.25, -0.2) is 15.0 Å². The van der Waals surface area contributed by atoms with Crippen LogP contribution in [0.2, 0.25) is 0 Å². The van der Waals surface area contributed by atoms with Crippen molar-refractivity contribution >= 4 is 28.6 Å². The van der Waals surface area contributed by atoms with Crippen LogP contribution in [0.5, 0.6) is 0 Å². The first-order valence-electron chi connectivity index (χ1n) is 11.4. The normalized spacial score (nSPS) is 21.8. The molecule has 16 heteroatoms. The van der Waals surface area contributed by atoms with Crippen LogP contribution in [0.15, 0.2) is 30.9 Å². The molecule has 1 aliphatic rings. The molecule has 13 nitrogen and oxygen atoms in total. The molecule has 1 saturated heterocycles. The summed E-state index contributed by atoms with van der Waals surface area (Å²) in [4.78, 5) is 34.6. The number of ether oxygens (including phenoxy) is 1. The molecule has 206 valence electrons. The zero-order valence-corrected chi connectivity index (χ0v) is 20.2. The highest BCUT2D eigenvalue weighted by Gasteiger charge is 2.53. The number of nitro benzene ring substituents is 1. The second kappa shape index (κ2) is 10.4. The summed E-state index contributed by atoms with van der Waals surface area (Å²) in [7, 11) is 0. The Morgan fingerprint density at radius 1 is 1.41 bits per heavy atom. The topological polar surface area (TPSA) is 192 Å². The number of amides is 1. The Labute approximate surface area is 218 Å². The van der Waals surface area contributed by atoms with Gasteiger partial charge < -0.3 is 26.0 Å². The van der Waals surface area contributed by atoms with Gasteiger partial charge in [0.2, 0.25) is 0 Å². The van der Waals surface area contributed by atoms with Gasteiger partial charge in [0.1, 0.15) is 17.9 Å². The minimum atomic E-state index is -5.06. The molecule has 5 N–H and O–H groups in total. The number of hydrogen-bond donors (Lipinski definition) is 4. The number of anilines is 1. The highest BCUT2D eigenvalue weighted by molar-refractivity contribution is 5.82. The molecular formula is C23H22F3N7O6. The van der Waals surface area contributed by atoms with Crippen molar-refractivity contribution < 1.29 is 37.8 Å². The van der Waals surface area contributed by atoms with E-state index in [1.807, 2.05) is 0 Å². The van der Waals surface area contributed by atoms with Crippen molar-refractivity contribution in [3.8, 4) is 11.8 Å². The third kappa shape index (κ3) is 5.19. The largest absolute Gasteiger partial charge is 0.471 e. The maximum Gasteiger partial charge on any atom is 0.471 e. The number of rotatable bonds is 6. The second-order valence-electron chi connectivity index (χ2n) is 8.74. The van der Waals surface area contributed by atoms with Gasteiger partial charge in [-0.1, -0.05) is 24.8 Å². The Morgan fingerprint density at radius 3 is 2.79 bits per heavy atom. The number of nitro groups is 1. The number of carbonyl (C=O) groups excluding carboxylic acids is 1. The number of nitrogens with one attached hydrogen (secondary N) is 1. The Morgan fingerprint density at radius 2 is 2.15 bits per heavy atom. The first-order chi connectivity index (χ1) is 18.4. The lowest BCUT2D eigenvalue weighted by Gasteiger charge is -2.36. The van der Waals surface area contributed by atoms with E-state index in [1.54, 1.807) is 12.2 Å². The third-order valence-electron chi connectivity index (χ3n) is 6.43. The van der Waals surface area contributed by atoms with Crippen molar-refractivity contribution in [3.05, 3.63) is 52.1 Å². The first-order valence-corrected chi connectivity index (χ1v) is 11.4. The number of imidazole rings is 1. The van der Waals surface area contributed by atoms with Gasteiger partial charge in [0.25, 0.3) is 5.69 Å². The summed E-state index contributed by atoms with van der Waals surface area (Å²) in [5.41, 5.74) is 4.80. The van der Waals surface area contributed by atoms with Crippen LogP contribution >= 0.6 is 0 Å². The quantitative estimate of drug-likeness (QED) is 0.195. The highest BCUT2D eigenvalue weighted by Crippen LogP contribution is 2.48. The average molecular weight is 549 g/mol. The van der Waals surface area contributed by atoms with Crippen LogP contribution in [-0.4, -0.2) is 72.1 Å². The van der Waals surface area contributed by atoms with Gasteiger partial charge in [0.15, 0.2) is 17.2 Å². The van der Waals surface area contributed by atoms with E-state index in [2.05, 4.69) is 26.8 Å². The predicted molar refractivity (Wildman–Crippen MR) is 128 cm³/mol. The molecule has 0 aliphatic carbocycles. The standard InChI is InChI=1S/C23H22F3N7O6/c1-12(14-5-4-13(7-15(14)33(37)38)3-2-6-28-21(36)23(24,25)26)22(8-16(35)17(9-34)39-22)32-11-31-18-19(27)29-10-30-20(18)32/h4-5,7,10-12,16-17,34-35H,6,8-9H2,1H3,(H,28,36)(H2,27,29,30)/t12?,16-,17+,22-/m0/s1. The number of aromatic nitrogens is 4. The molecule has 0 radical (unpaired) electrons. The lowest BCUT2D eigenvalue weighted by molar-refractivity contribution is -0.386. The fourth-order valence-electron chi connectivity index (χ4n) is 4.51. The molecule has 1 fully saturated rings. The van der Waals surface area contributed by atoms with E-state index in [0.29, 0.717) is 0 Å². The van der Waals surface area contributed by atoms with Crippen LogP contribution in [-0.2, 0) is 15.3 Å². The minimum Gasteiger partial charge on any atom is -0.394 e. The molecule has 1 aliphatic heterocycles. The Balaban J connectivity index is 1.74. The number of aliphatic hydroxyl groups excluding tert-OH is 2. The molecule has 39 heavy (non-hydrogen) atoms. The van der Waals surface area contributed by atoms with Crippen LogP contribution in [0.3, 0.4) is 0 Å². The number of alkyl halides is 3. The lowest BCUT2D eigenvalue weighted by Crippen LogP contribution is -2.39. The summed E-state index contributed by atoms with van der Waals surface area (Å²) in [6, 6.07) is 3.97. The zero-order valence-electron chi connectivity index (χ0n) is 20.2. The van der Waals surface area contributed by atoms with E-state index < -0.39 is 54.0 Å². The van der Waals surface area contributed by atoms with Crippen LogP contribution in [0.25, 0.3) is 11.2 Å². The van der Waals surface area contributed by atoms with Crippen molar-refractivity contribution in [1.29, 1.82) is 0 Å². The molecule has 3 heterocycles. The molecule has 1 aromatic carbocycles. The maximum absolute atomic E-state index is 12.3. The lowest BCUT2D eigenvalue weighted by atomic mass is 9.85. The number of hydrogen-bond acceptors (Lipinski definition) is 10. The van der Waals surface area contributed by atoms with Gasteiger partial charge in [-0.3, -0.25) is 19.5 Å². The van der Waals surface area contributed by atoms with Crippen LogP contribution in [0.1, 0.15) is 30.4 Å². The van der Waals surface area contributed by atoms with Crippen LogP contribution < -0.4 is 11.1 Å². The fraction of sp³-hybridized carbons (Fsp3) is 0.391. The van der Waals surface area contributed by atoms with Crippen molar-refractivity contribution in [2.45, 2.75) is 43.4 Å². The number of halogens is 3. The van der Waals surface area contributed by atoms with E-state index in [0.717, 1.165) is 6.07 Å². The van der Waals surface area contributed by atoms with Gasteiger partial charge in [-0.2, -0.15) is 13.2 Å². The Kier molecular flexibility index (Phi) is 7.41. The Hall–Kier alpha value is -4.33. The number of benzene rings is 1. The summed E-state index contributed by atoms with van der Waals surface area (Å²) >= 11 is 0. The summed E-state index contributed by atoms with van der Waals surface area (Å²) in [5.74, 6) is 1.89. The molecule has 2 aromatic heterocycles. The van der Waals surface area contributed by atoms with Gasteiger partial charge in [-0.05, 0) is 6.07 Å². The minimum absolute atomic E-state index is 0.0825. The zero-order chi connectivity index (χ0) is 28.5. The number of carbonyl (C=O) groups is 1. The van der Waals surface area contributed by atoms with Gasteiger partial charge in [-0.15, -0.1) is 0 Å². The molecule has 3 aromatic rings. The van der Waals surface area contributed by atoms with Crippen molar-refractivity contribution in [1.82, 2.24) is 24.8 Å². The molecule has 1 amide bonds. The summed E-state index contributed by atoms with van der Waals surface area (Å²) < 4.78 is 44.6. The number of fused-ring (bicyclic) bond motifs is 1. The molecule has 1 unspecified atom stereocenters. The smallest absolute Gasteiger partial charge is 0.394 e. The molecule has 0 bridgehead atoms. The highest BCUT2D eigenvalue weighted by atomic mass is 19.4. The first kappa shape index (κ1) is 27.7. The average Bonchev–Trinajstić information content (AvgIpc) is 3.48. The Bertz CT molecular complexity index is 1480. The molecular weight excluding hydrogens is 527 g/mol. The van der Waals surface area contributed by atoms with E-state index in [-0.39, 0.29) is 40.2 Å². The van der Waals surface area contributed by atoms with E-state index >= 15 is 0 Å². The van der Waals surface area contributed by atoms with Gasteiger partial charge in [0, 0.05) is 29.5 Å². The second-order valence-corrected chi connectivity index (χ2v) is 8.74. The van der Waals surface area contributed by atoms with Gasteiger partial charge in [0.05, 0.1) is 30.5 Å². The van der Waals surface area contributed by atoms with Crippen molar-refractivity contribution in [3.63, 3.8) is 0 Å². The summed E-state index contributed by atoms with van der Waals surface area (Å²) in [6.45, 7) is 0.477. The number of nitrogens with two attached hydrogens (primary N) is 1. The monoisotopic (exact) mass is 549 g/mol. The third-order valence-corrected chi connectivity index (χ3v) is 6.43.